The quantitative estimate of drug-likeness (QED) is 0.714. The highest BCUT2D eigenvalue weighted by atomic mass is 19.1. The van der Waals surface area contributed by atoms with Gasteiger partial charge >= 0.3 is 0 Å². The molecule has 0 bridgehead atoms. The first kappa shape index (κ1) is 10.2. The standard InChI is InChI=1S/C11H14FNO2/c1-6(2)8-9(12)7(3)13-11-10(8)14-4-5-15-11/h6H,4-5H2,1-3H3. The summed E-state index contributed by atoms with van der Waals surface area (Å²) in [6.45, 7) is 6.42. The van der Waals surface area contributed by atoms with E-state index in [4.69, 9.17) is 9.47 Å². The second-order valence-corrected chi connectivity index (χ2v) is 3.91. The summed E-state index contributed by atoms with van der Waals surface area (Å²) < 4.78 is 24.6. The van der Waals surface area contributed by atoms with Crippen LogP contribution in [0.15, 0.2) is 0 Å². The molecular weight excluding hydrogens is 197 g/mol. The Morgan fingerprint density at radius 2 is 1.93 bits per heavy atom. The van der Waals surface area contributed by atoms with E-state index in [0.717, 1.165) is 0 Å². The molecular formula is C11H14FNO2. The van der Waals surface area contributed by atoms with Crippen LogP contribution in [0.25, 0.3) is 0 Å². The van der Waals surface area contributed by atoms with Crippen molar-refractivity contribution in [2.45, 2.75) is 26.7 Å². The highest BCUT2D eigenvalue weighted by molar-refractivity contribution is 5.46. The molecule has 3 nitrogen and oxygen atoms in total. The number of hydrogen-bond donors (Lipinski definition) is 0. The molecule has 0 atom stereocenters. The molecule has 1 aliphatic rings. The zero-order valence-electron chi connectivity index (χ0n) is 9.13. The van der Waals surface area contributed by atoms with Gasteiger partial charge in [0.15, 0.2) is 11.6 Å². The molecule has 2 heterocycles. The number of aromatic nitrogens is 1. The zero-order valence-corrected chi connectivity index (χ0v) is 9.13. The topological polar surface area (TPSA) is 31.4 Å². The van der Waals surface area contributed by atoms with E-state index in [-0.39, 0.29) is 11.7 Å². The van der Waals surface area contributed by atoms with Crippen LogP contribution in [0.5, 0.6) is 11.6 Å². The van der Waals surface area contributed by atoms with Crippen LogP contribution >= 0.6 is 0 Å². The SMILES string of the molecule is Cc1nc2c(c(C(C)C)c1F)OCCO2. The van der Waals surface area contributed by atoms with E-state index >= 15 is 0 Å². The number of aryl methyl sites for hydroxylation is 1. The lowest BCUT2D eigenvalue weighted by molar-refractivity contribution is 0.160. The number of ether oxygens (including phenoxy) is 2. The lowest BCUT2D eigenvalue weighted by Gasteiger charge is -2.22. The van der Waals surface area contributed by atoms with Crippen molar-refractivity contribution in [3.05, 3.63) is 17.1 Å². The van der Waals surface area contributed by atoms with Gasteiger partial charge in [-0.05, 0) is 12.8 Å². The summed E-state index contributed by atoms with van der Waals surface area (Å²) in [6.07, 6.45) is 0. The van der Waals surface area contributed by atoms with Gasteiger partial charge in [-0.3, -0.25) is 0 Å². The Bertz CT molecular complexity index is 391. The highest BCUT2D eigenvalue weighted by Gasteiger charge is 2.24. The molecule has 1 aromatic rings. The largest absolute Gasteiger partial charge is 0.484 e. The predicted octanol–water partition coefficient (Wildman–Crippen LogP) is 2.42. The van der Waals surface area contributed by atoms with Crippen molar-refractivity contribution in [2.75, 3.05) is 13.2 Å². The minimum atomic E-state index is -0.283. The number of halogens is 1. The van der Waals surface area contributed by atoms with E-state index in [9.17, 15) is 4.39 Å². The lowest BCUT2D eigenvalue weighted by atomic mass is 10.0. The van der Waals surface area contributed by atoms with Crippen LogP contribution in [-0.4, -0.2) is 18.2 Å². The van der Waals surface area contributed by atoms with Crippen molar-refractivity contribution in [1.29, 1.82) is 0 Å². The average molecular weight is 211 g/mol. The first-order chi connectivity index (χ1) is 7.11. The number of hydrogen-bond acceptors (Lipinski definition) is 3. The van der Waals surface area contributed by atoms with Crippen molar-refractivity contribution < 1.29 is 13.9 Å². The molecule has 0 unspecified atom stereocenters. The lowest BCUT2D eigenvalue weighted by Crippen LogP contribution is -2.19. The van der Waals surface area contributed by atoms with Gasteiger partial charge in [0, 0.05) is 5.56 Å². The first-order valence-corrected chi connectivity index (χ1v) is 5.07. The molecule has 4 heteroatoms. The normalized spacial score (nSPS) is 14.5. The second-order valence-electron chi connectivity index (χ2n) is 3.91. The molecule has 0 radical (unpaired) electrons. The molecule has 0 spiro atoms. The summed E-state index contributed by atoms with van der Waals surface area (Å²) in [5.41, 5.74) is 0.931. The summed E-state index contributed by atoms with van der Waals surface area (Å²) in [6, 6.07) is 0. The van der Waals surface area contributed by atoms with E-state index in [1.54, 1.807) is 6.92 Å². The molecule has 15 heavy (non-hydrogen) atoms. The smallest absolute Gasteiger partial charge is 0.257 e. The van der Waals surface area contributed by atoms with Crippen LogP contribution in [0.4, 0.5) is 4.39 Å². The predicted molar refractivity (Wildman–Crippen MR) is 54.0 cm³/mol. The fourth-order valence-electron chi connectivity index (χ4n) is 1.70. The van der Waals surface area contributed by atoms with Crippen molar-refractivity contribution in [1.82, 2.24) is 4.98 Å². The Balaban J connectivity index is 2.63. The zero-order chi connectivity index (χ0) is 11.0. The maximum absolute atomic E-state index is 13.8. The van der Waals surface area contributed by atoms with Gasteiger partial charge in [-0.25, -0.2) is 9.37 Å². The van der Waals surface area contributed by atoms with Crippen molar-refractivity contribution >= 4 is 0 Å². The number of fused-ring (bicyclic) bond motifs is 1. The Morgan fingerprint density at radius 3 is 2.60 bits per heavy atom. The minimum absolute atomic E-state index is 0.0575. The molecule has 0 saturated heterocycles. The Kier molecular flexibility index (Phi) is 2.50. The fraction of sp³-hybridized carbons (Fsp3) is 0.545. The van der Waals surface area contributed by atoms with Gasteiger partial charge in [-0.1, -0.05) is 13.8 Å². The van der Waals surface area contributed by atoms with Crippen LogP contribution in [0.3, 0.4) is 0 Å². The van der Waals surface area contributed by atoms with Crippen molar-refractivity contribution in [3.63, 3.8) is 0 Å². The number of pyridine rings is 1. The van der Waals surface area contributed by atoms with Gasteiger partial charge in [0.05, 0.1) is 5.69 Å². The van der Waals surface area contributed by atoms with E-state index in [1.165, 1.54) is 0 Å². The van der Waals surface area contributed by atoms with Crippen molar-refractivity contribution in [3.8, 4) is 11.6 Å². The maximum atomic E-state index is 13.8. The molecule has 1 aromatic heterocycles. The van der Waals surface area contributed by atoms with E-state index in [2.05, 4.69) is 4.98 Å². The molecule has 0 amide bonds. The van der Waals surface area contributed by atoms with Crippen LogP contribution in [0.2, 0.25) is 0 Å². The van der Waals surface area contributed by atoms with E-state index in [0.29, 0.717) is 36.1 Å². The van der Waals surface area contributed by atoms with Crippen LogP contribution < -0.4 is 9.47 Å². The fourth-order valence-corrected chi connectivity index (χ4v) is 1.70. The van der Waals surface area contributed by atoms with Crippen molar-refractivity contribution in [2.24, 2.45) is 0 Å². The molecule has 1 aliphatic heterocycles. The van der Waals surface area contributed by atoms with Gasteiger partial charge in [-0.2, -0.15) is 0 Å². The van der Waals surface area contributed by atoms with Gasteiger partial charge in [0.1, 0.15) is 13.2 Å². The third-order valence-corrected chi connectivity index (χ3v) is 2.41. The average Bonchev–Trinajstić information content (AvgIpc) is 2.19. The van der Waals surface area contributed by atoms with Crippen LogP contribution in [0, 0.1) is 12.7 Å². The van der Waals surface area contributed by atoms with E-state index < -0.39 is 0 Å². The second kappa shape index (κ2) is 3.68. The third kappa shape index (κ3) is 1.64. The summed E-state index contributed by atoms with van der Waals surface area (Å²) in [4.78, 5) is 4.03. The maximum Gasteiger partial charge on any atom is 0.257 e. The summed E-state index contributed by atoms with van der Waals surface area (Å²) in [5, 5.41) is 0. The Labute approximate surface area is 88.2 Å². The third-order valence-electron chi connectivity index (χ3n) is 2.41. The molecule has 0 saturated carbocycles. The van der Waals surface area contributed by atoms with E-state index in [1.807, 2.05) is 13.8 Å². The first-order valence-electron chi connectivity index (χ1n) is 5.07. The Hall–Kier alpha value is -1.32. The molecule has 0 aromatic carbocycles. The summed E-state index contributed by atoms with van der Waals surface area (Å²) in [5.74, 6) is 0.666. The van der Waals surface area contributed by atoms with Gasteiger partial charge < -0.3 is 9.47 Å². The molecule has 2 rings (SSSR count). The number of rotatable bonds is 1. The molecule has 0 N–H and O–H groups in total. The molecule has 0 aliphatic carbocycles. The minimum Gasteiger partial charge on any atom is -0.484 e. The Morgan fingerprint density at radius 1 is 1.27 bits per heavy atom. The van der Waals surface area contributed by atoms with Gasteiger partial charge in [0.25, 0.3) is 5.88 Å². The molecule has 0 fully saturated rings. The monoisotopic (exact) mass is 211 g/mol. The highest BCUT2D eigenvalue weighted by Crippen LogP contribution is 2.38. The summed E-state index contributed by atoms with van der Waals surface area (Å²) in [7, 11) is 0. The summed E-state index contributed by atoms with van der Waals surface area (Å²) >= 11 is 0. The number of nitrogens with zero attached hydrogens (tertiary/aromatic N) is 1. The van der Waals surface area contributed by atoms with Crippen LogP contribution in [-0.2, 0) is 0 Å². The van der Waals surface area contributed by atoms with Crippen LogP contribution in [0.1, 0.15) is 31.0 Å². The van der Waals surface area contributed by atoms with Gasteiger partial charge in [0.2, 0.25) is 0 Å². The molecule has 82 valence electrons. The van der Waals surface area contributed by atoms with Gasteiger partial charge in [-0.15, -0.1) is 0 Å².